The molecule has 0 radical (unpaired) electrons. The molecule has 0 spiro atoms. The average Bonchev–Trinajstić information content (AvgIpc) is 3.49. The second-order valence-corrected chi connectivity index (χ2v) is 9.69. The normalized spacial score (nSPS) is 11.8. The SMILES string of the molecule is Cc1nn2cccnc2c1C(=O)N[C@@H](C)c1nc2cccc(C#Cc3cnc(C)n3C)c2c(=O)n1-c1ccccc1. The van der Waals surface area contributed by atoms with Crippen molar-refractivity contribution in [3.05, 3.63) is 118 Å². The highest BCUT2D eigenvalue weighted by Gasteiger charge is 2.24. The molecule has 0 unspecified atom stereocenters. The Labute approximate surface area is 235 Å². The molecule has 0 aliphatic carbocycles. The van der Waals surface area contributed by atoms with E-state index in [0.29, 0.717) is 44.9 Å². The largest absolute Gasteiger partial charge is 0.342 e. The Morgan fingerprint density at radius 3 is 2.56 bits per heavy atom. The summed E-state index contributed by atoms with van der Waals surface area (Å²) in [5.74, 6) is 7.15. The maximum absolute atomic E-state index is 14.2. The number of benzene rings is 2. The first-order valence-electron chi connectivity index (χ1n) is 13.1. The first kappa shape index (κ1) is 25.7. The molecule has 202 valence electrons. The second kappa shape index (κ2) is 10.2. The number of para-hydroxylation sites is 1. The lowest BCUT2D eigenvalue weighted by atomic mass is 10.1. The number of nitrogens with zero attached hydrogens (tertiary/aromatic N) is 7. The van der Waals surface area contributed by atoms with Crippen molar-refractivity contribution < 1.29 is 4.79 Å². The van der Waals surface area contributed by atoms with Crippen LogP contribution in [0.15, 0.2) is 78.0 Å². The predicted octanol–water partition coefficient (Wildman–Crippen LogP) is 3.67. The molecule has 4 heterocycles. The van der Waals surface area contributed by atoms with E-state index < -0.39 is 6.04 Å². The molecule has 4 aromatic heterocycles. The van der Waals surface area contributed by atoms with Crippen LogP contribution in [0, 0.1) is 25.7 Å². The maximum Gasteiger partial charge on any atom is 0.267 e. The average molecular weight is 543 g/mol. The second-order valence-electron chi connectivity index (χ2n) is 9.69. The monoisotopic (exact) mass is 542 g/mol. The van der Waals surface area contributed by atoms with Crippen molar-refractivity contribution in [3.8, 4) is 17.5 Å². The molecular formula is C31H26N8O2. The first-order valence-corrected chi connectivity index (χ1v) is 13.1. The Bertz CT molecular complexity index is 2080. The van der Waals surface area contributed by atoms with Crippen molar-refractivity contribution in [2.75, 3.05) is 0 Å². The quantitative estimate of drug-likeness (QED) is 0.340. The van der Waals surface area contributed by atoms with Crippen molar-refractivity contribution in [1.82, 2.24) is 39.0 Å². The number of carbonyl (C=O) groups is 1. The third-order valence-corrected chi connectivity index (χ3v) is 7.02. The van der Waals surface area contributed by atoms with Crippen LogP contribution in [0.3, 0.4) is 0 Å². The van der Waals surface area contributed by atoms with Gasteiger partial charge in [-0.1, -0.05) is 30.2 Å². The highest BCUT2D eigenvalue weighted by atomic mass is 16.2. The van der Waals surface area contributed by atoms with Gasteiger partial charge in [0.2, 0.25) is 0 Å². The minimum Gasteiger partial charge on any atom is -0.342 e. The van der Waals surface area contributed by atoms with Crippen LogP contribution in [0.4, 0.5) is 0 Å². The Kier molecular flexibility index (Phi) is 6.40. The molecule has 0 aliphatic rings. The van der Waals surface area contributed by atoms with E-state index in [0.717, 1.165) is 11.5 Å². The lowest BCUT2D eigenvalue weighted by Gasteiger charge is -2.20. The number of rotatable bonds is 4. The van der Waals surface area contributed by atoms with Gasteiger partial charge in [-0.2, -0.15) is 5.10 Å². The van der Waals surface area contributed by atoms with Crippen LogP contribution in [-0.4, -0.2) is 39.6 Å². The van der Waals surface area contributed by atoms with Crippen molar-refractivity contribution in [3.63, 3.8) is 0 Å². The Morgan fingerprint density at radius 1 is 1.00 bits per heavy atom. The van der Waals surface area contributed by atoms with E-state index in [-0.39, 0.29) is 11.5 Å². The van der Waals surface area contributed by atoms with Crippen molar-refractivity contribution in [2.24, 2.45) is 7.05 Å². The van der Waals surface area contributed by atoms with Gasteiger partial charge in [0.25, 0.3) is 11.5 Å². The summed E-state index contributed by atoms with van der Waals surface area (Å²) in [6.07, 6.45) is 5.06. The molecule has 0 fully saturated rings. The molecule has 1 atom stereocenters. The standard InChI is InChI=1S/C31H26N8O2/c1-19-26(29-32-16-9-17-38(29)36-19)30(40)34-20(2)28-35-25-13-8-10-22(14-15-24-18-33-21(3)37(24)4)27(25)31(41)39(28)23-11-6-5-7-12-23/h5-13,16-18,20H,1-4H3,(H,34,40)/t20-/m0/s1. The van der Waals surface area contributed by atoms with Gasteiger partial charge in [-0.15, -0.1) is 0 Å². The van der Waals surface area contributed by atoms with Crippen LogP contribution in [0.2, 0.25) is 0 Å². The summed E-state index contributed by atoms with van der Waals surface area (Å²) in [5, 5.41) is 7.80. The van der Waals surface area contributed by atoms with Gasteiger partial charge in [-0.05, 0) is 57.0 Å². The lowest BCUT2D eigenvalue weighted by Crippen LogP contribution is -2.33. The number of imidazole rings is 1. The fourth-order valence-corrected chi connectivity index (χ4v) is 4.81. The van der Waals surface area contributed by atoms with E-state index in [2.05, 4.69) is 32.2 Å². The third kappa shape index (κ3) is 4.53. The van der Waals surface area contributed by atoms with Crippen molar-refractivity contribution >= 4 is 22.5 Å². The summed E-state index contributed by atoms with van der Waals surface area (Å²) in [4.78, 5) is 41.2. The fourth-order valence-electron chi connectivity index (χ4n) is 4.81. The summed E-state index contributed by atoms with van der Waals surface area (Å²) in [6.45, 7) is 5.46. The zero-order valence-corrected chi connectivity index (χ0v) is 23.0. The molecule has 0 saturated carbocycles. The molecule has 0 aliphatic heterocycles. The van der Waals surface area contributed by atoms with E-state index in [1.165, 1.54) is 4.57 Å². The van der Waals surface area contributed by atoms with E-state index in [9.17, 15) is 9.59 Å². The van der Waals surface area contributed by atoms with Gasteiger partial charge in [-0.25, -0.2) is 19.5 Å². The summed E-state index contributed by atoms with van der Waals surface area (Å²) >= 11 is 0. The number of hydrogen-bond donors (Lipinski definition) is 1. The summed E-state index contributed by atoms with van der Waals surface area (Å²) in [5.41, 5.74) is 3.50. The van der Waals surface area contributed by atoms with Gasteiger partial charge in [0.1, 0.15) is 22.9 Å². The van der Waals surface area contributed by atoms with Crippen LogP contribution >= 0.6 is 0 Å². The zero-order chi connectivity index (χ0) is 28.7. The minimum atomic E-state index is -0.634. The molecule has 41 heavy (non-hydrogen) atoms. The van der Waals surface area contributed by atoms with E-state index in [1.54, 1.807) is 49.1 Å². The van der Waals surface area contributed by atoms with E-state index >= 15 is 0 Å². The van der Waals surface area contributed by atoms with Crippen molar-refractivity contribution in [2.45, 2.75) is 26.8 Å². The van der Waals surface area contributed by atoms with Crippen LogP contribution in [-0.2, 0) is 7.05 Å². The Morgan fingerprint density at radius 2 is 1.80 bits per heavy atom. The van der Waals surface area contributed by atoms with Gasteiger partial charge < -0.3 is 9.88 Å². The molecule has 0 bridgehead atoms. The van der Waals surface area contributed by atoms with Crippen molar-refractivity contribution in [1.29, 1.82) is 0 Å². The number of fused-ring (bicyclic) bond motifs is 2. The number of amides is 1. The lowest BCUT2D eigenvalue weighted by molar-refractivity contribution is 0.0938. The minimum absolute atomic E-state index is 0.280. The van der Waals surface area contributed by atoms with Gasteiger partial charge in [0.15, 0.2) is 5.65 Å². The highest BCUT2D eigenvalue weighted by molar-refractivity contribution is 6.01. The number of nitrogens with one attached hydrogen (secondary N) is 1. The first-order chi connectivity index (χ1) is 19.8. The van der Waals surface area contributed by atoms with Gasteiger partial charge in [0.05, 0.1) is 34.5 Å². The van der Waals surface area contributed by atoms with E-state index in [1.807, 2.05) is 61.0 Å². The van der Waals surface area contributed by atoms with Crippen LogP contribution in [0.1, 0.15) is 51.9 Å². The Balaban J connectivity index is 1.48. The molecule has 2 aromatic carbocycles. The predicted molar refractivity (Wildman–Crippen MR) is 155 cm³/mol. The zero-order valence-electron chi connectivity index (χ0n) is 23.0. The highest BCUT2D eigenvalue weighted by Crippen LogP contribution is 2.21. The molecule has 10 heteroatoms. The molecule has 6 rings (SSSR count). The molecule has 6 aromatic rings. The Hall–Kier alpha value is -5.56. The summed E-state index contributed by atoms with van der Waals surface area (Å²) < 4.78 is 4.99. The molecule has 10 nitrogen and oxygen atoms in total. The summed E-state index contributed by atoms with van der Waals surface area (Å²) in [6, 6.07) is 15.8. The fraction of sp³-hybridized carbons (Fsp3) is 0.161. The van der Waals surface area contributed by atoms with E-state index in [4.69, 9.17) is 4.98 Å². The smallest absolute Gasteiger partial charge is 0.267 e. The third-order valence-electron chi connectivity index (χ3n) is 7.02. The number of carbonyl (C=O) groups excluding carboxylic acids is 1. The number of aromatic nitrogens is 7. The maximum atomic E-state index is 14.2. The molecule has 1 amide bonds. The molecule has 1 N–H and O–H groups in total. The topological polar surface area (TPSA) is 112 Å². The van der Waals surface area contributed by atoms with Gasteiger partial charge in [0, 0.05) is 25.0 Å². The number of aryl methyl sites for hydroxylation is 2. The van der Waals surface area contributed by atoms with Crippen LogP contribution < -0.4 is 10.9 Å². The summed E-state index contributed by atoms with van der Waals surface area (Å²) in [7, 11) is 1.89. The van der Waals surface area contributed by atoms with Crippen LogP contribution in [0.25, 0.3) is 22.2 Å². The van der Waals surface area contributed by atoms with Gasteiger partial charge >= 0.3 is 0 Å². The molecular weight excluding hydrogens is 516 g/mol. The van der Waals surface area contributed by atoms with Crippen LogP contribution in [0.5, 0.6) is 0 Å². The molecule has 0 saturated heterocycles. The van der Waals surface area contributed by atoms with Gasteiger partial charge in [-0.3, -0.25) is 14.2 Å². The number of hydrogen-bond acceptors (Lipinski definition) is 6.